The molecule has 0 N–H and O–H groups in total. The molecule has 0 bridgehead atoms. The smallest absolute Gasteiger partial charge is 0.269 e. The van der Waals surface area contributed by atoms with Gasteiger partial charge in [-0.2, -0.15) is 0 Å². The molecule has 1 heterocycles. The molecule has 1 aliphatic heterocycles. The van der Waals surface area contributed by atoms with E-state index in [1.807, 2.05) is 30.3 Å². The highest BCUT2D eigenvalue weighted by Crippen LogP contribution is 2.50. The summed E-state index contributed by atoms with van der Waals surface area (Å²) in [5.41, 5.74) is 6.30. The Bertz CT molecular complexity index is 1650. The number of nitrogens with zero attached hydrogens (tertiary/aromatic N) is 2. The lowest BCUT2D eigenvalue weighted by Crippen LogP contribution is -2.40. The number of Topliss-reactive ketones (excluding diaryl/α,β-unsaturated/α-hetero) is 2. The van der Waals surface area contributed by atoms with Gasteiger partial charge in [-0.1, -0.05) is 42.5 Å². The van der Waals surface area contributed by atoms with Crippen LogP contribution in [-0.4, -0.2) is 35.0 Å². The van der Waals surface area contributed by atoms with Crippen LogP contribution in [0, 0.1) is 13.7 Å². The first-order valence-corrected chi connectivity index (χ1v) is 16.0. The number of rotatable bonds is 9. The van der Waals surface area contributed by atoms with Crippen LogP contribution in [0.3, 0.4) is 0 Å². The zero-order valence-corrected chi connectivity index (χ0v) is 26.7. The fraction of sp³-hybridized carbons (Fsp3) is 0.314. The van der Waals surface area contributed by atoms with Crippen LogP contribution in [0.15, 0.2) is 89.3 Å². The van der Waals surface area contributed by atoms with Crippen molar-refractivity contribution in [3.05, 3.63) is 120 Å². The molecule has 3 aromatic carbocycles. The van der Waals surface area contributed by atoms with E-state index in [0.717, 1.165) is 70.3 Å². The Morgan fingerprint density at radius 1 is 0.886 bits per heavy atom. The second-order valence-corrected chi connectivity index (χ2v) is 12.5. The number of halogens is 1. The molecule has 0 radical (unpaired) electrons. The van der Waals surface area contributed by atoms with Gasteiger partial charge >= 0.3 is 0 Å². The maximum absolute atomic E-state index is 13.7. The lowest BCUT2D eigenvalue weighted by molar-refractivity contribution is -0.384. The van der Waals surface area contributed by atoms with E-state index >= 15 is 0 Å². The van der Waals surface area contributed by atoms with Gasteiger partial charge in [-0.3, -0.25) is 19.7 Å². The van der Waals surface area contributed by atoms with Crippen LogP contribution < -0.4 is 9.47 Å². The summed E-state index contributed by atoms with van der Waals surface area (Å²) in [7, 11) is 1.56. The van der Waals surface area contributed by atoms with Gasteiger partial charge in [-0.05, 0) is 83.5 Å². The van der Waals surface area contributed by atoms with Crippen LogP contribution in [0.4, 0.5) is 5.69 Å². The van der Waals surface area contributed by atoms with E-state index in [1.54, 1.807) is 19.2 Å². The number of ether oxygens (including phenoxy) is 2. The Morgan fingerprint density at radius 2 is 1.55 bits per heavy atom. The van der Waals surface area contributed by atoms with Crippen molar-refractivity contribution in [3.63, 3.8) is 0 Å². The summed E-state index contributed by atoms with van der Waals surface area (Å²) >= 11 is 2.20. The van der Waals surface area contributed by atoms with Gasteiger partial charge in [0.25, 0.3) is 5.69 Å². The number of allylic oxidation sites excluding steroid dienone is 4. The number of methoxy groups -OCH3 is 1. The van der Waals surface area contributed by atoms with Crippen LogP contribution in [0.5, 0.6) is 11.5 Å². The zero-order chi connectivity index (χ0) is 30.8. The van der Waals surface area contributed by atoms with Crippen molar-refractivity contribution in [2.24, 2.45) is 0 Å². The van der Waals surface area contributed by atoms with Crippen molar-refractivity contribution in [1.29, 1.82) is 0 Å². The number of ketones is 2. The zero-order valence-electron chi connectivity index (χ0n) is 24.5. The molecule has 226 valence electrons. The molecule has 3 aliphatic rings. The van der Waals surface area contributed by atoms with Crippen molar-refractivity contribution < 1.29 is 24.0 Å². The largest absolute Gasteiger partial charge is 0.493 e. The number of carbonyl (C=O) groups excluding carboxylic acids is 2. The summed E-state index contributed by atoms with van der Waals surface area (Å²) in [5.74, 6) is 0.746. The number of benzene rings is 3. The van der Waals surface area contributed by atoms with Crippen molar-refractivity contribution in [2.45, 2.75) is 57.5 Å². The molecular weight excluding hydrogens is 671 g/mol. The summed E-state index contributed by atoms with van der Waals surface area (Å²) < 4.78 is 12.7. The Labute approximate surface area is 270 Å². The molecule has 0 fully saturated rings. The summed E-state index contributed by atoms with van der Waals surface area (Å²) in [6.07, 6.45) is 4.96. The minimum Gasteiger partial charge on any atom is -0.493 e. The van der Waals surface area contributed by atoms with Gasteiger partial charge < -0.3 is 14.4 Å². The molecule has 0 atom stereocenters. The molecule has 3 aromatic rings. The summed E-state index contributed by atoms with van der Waals surface area (Å²) in [6.45, 7) is 0.842. The lowest BCUT2D eigenvalue weighted by atomic mass is 9.71. The Morgan fingerprint density at radius 3 is 2.18 bits per heavy atom. The third kappa shape index (κ3) is 5.89. The topological polar surface area (TPSA) is 99.0 Å². The van der Waals surface area contributed by atoms with Crippen molar-refractivity contribution in [2.75, 3.05) is 13.7 Å². The number of carbonyl (C=O) groups is 2. The van der Waals surface area contributed by atoms with Crippen molar-refractivity contribution in [3.8, 4) is 11.5 Å². The van der Waals surface area contributed by atoms with Gasteiger partial charge in [-0.25, -0.2) is 0 Å². The fourth-order valence-corrected chi connectivity index (χ4v) is 7.45. The monoisotopic (exact) mass is 704 g/mol. The number of hydrogen-bond acceptors (Lipinski definition) is 7. The third-order valence-electron chi connectivity index (χ3n) is 8.64. The molecule has 0 saturated heterocycles. The molecule has 0 unspecified atom stereocenters. The summed E-state index contributed by atoms with van der Waals surface area (Å²) in [5, 5.41) is 11.2. The van der Waals surface area contributed by atoms with Crippen molar-refractivity contribution in [1.82, 2.24) is 4.90 Å². The highest BCUT2D eigenvalue weighted by atomic mass is 127. The molecular formula is C35H33IN2O6. The first-order valence-electron chi connectivity index (χ1n) is 14.9. The molecule has 6 rings (SSSR count). The highest BCUT2D eigenvalue weighted by molar-refractivity contribution is 14.1. The standard InChI is InChI=1S/C35H33IN2O6/c1-43-31-20-24(19-26(36)35(31)44-21-23-10-5-11-25(18-23)38(41)42)32-33-27(12-6-14-29(33)39)37(17-16-22-8-3-2-4-9-22)28-13-7-15-30(40)34(28)32/h2-5,8-11,18-20,32H,6-7,12-17,21H2,1H3. The van der Waals surface area contributed by atoms with Crippen LogP contribution >= 0.6 is 22.6 Å². The molecule has 0 spiro atoms. The van der Waals surface area contributed by atoms with E-state index in [2.05, 4.69) is 39.6 Å². The third-order valence-corrected chi connectivity index (χ3v) is 9.44. The normalized spacial score (nSPS) is 17.0. The predicted molar refractivity (Wildman–Crippen MR) is 175 cm³/mol. The molecule has 0 aromatic heterocycles. The van der Waals surface area contributed by atoms with Crippen LogP contribution in [-0.2, 0) is 22.6 Å². The van der Waals surface area contributed by atoms with Crippen molar-refractivity contribution >= 4 is 39.8 Å². The second kappa shape index (κ2) is 12.9. The number of nitro benzene ring substituents is 1. The van der Waals surface area contributed by atoms with Crippen LogP contribution in [0.25, 0.3) is 0 Å². The van der Waals surface area contributed by atoms with E-state index in [0.29, 0.717) is 29.9 Å². The number of nitro groups is 1. The molecule has 2 aliphatic carbocycles. The van der Waals surface area contributed by atoms with E-state index in [9.17, 15) is 19.7 Å². The minimum absolute atomic E-state index is 0.000627. The van der Waals surface area contributed by atoms with Crippen LogP contribution in [0.2, 0.25) is 0 Å². The second-order valence-electron chi connectivity index (χ2n) is 11.3. The molecule has 44 heavy (non-hydrogen) atoms. The molecule has 0 saturated carbocycles. The molecule has 8 nitrogen and oxygen atoms in total. The van der Waals surface area contributed by atoms with Gasteiger partial charge in [-0.15, -0.1) is 0 Å². The quantitative estimate of drug-likeness (QED) is 0.130. The molecule has 9 heteroatoms. The van der Waals surface area contributed by atoms with Gasteiger partial charge in [0.2, 0.25) is 0 Å². The van der Waals surface area contributed by atoms with Gasteiger partial charge in [0.15, 0.2) is 23.1 Å². The van der Waals surface area contributed by atoms with Gasteiger partial charge in [0.1, 0.15) is 6.61 Å². The average Bonchev–Trinajstić information content (AvgIpc) is 3.03. The fourth-order valence-electron chi connectivity index (χ4n) is 6.67. The Balaban J connectivity index is 1.39. The summed E-state index contributed by atoms with van der Waals surface area (Å²) in [4.78, 5) is 40.5. The van der Waals surface area contributed by atoms with E-state index in [1.165, 1.54) is 17.7 Å². The Kier molecular flexibility index (Phi) is 8.83. The average molecular weight is 705 g/mol. The number of hydrogen-bond donors (Lipinski definition) is 0. The molecule has 0 amide bonds. The van der Waals surface area contributed by atoms with Gasteiger partial charge in [0.05, 0.1) is 15.6 Å². The highest BCUT2D eigenvalue weighted by Gasteiger charge is 2.43. The lowest BCUT2D eigenvalue weighted by Gasteiger charge is -2.44. The first kappa shape index (κ1) is 30.1. The maximum atomic E-state index is 13.7. The minimum atomic E-state index is -0.457. The predicted octanol–water partition coefficient (Wildman–Crippen LogP) is 7.44. The maximum Gasteiger partial charge on any atom is 0.269 e. The SMILES string of the molecule is COc1cc(C2C3=C(CCCC3=O)N(CCc3ccccc3)C3=C2C(=O)CCC3)cc(I)c1OCc1cccc([N+](=O)[O-])c1. The van der Waals surface area contributed by atoms with E-state index < -0.39 is 10.8 Å². The van der Waals surface area contributed by atoms with Crippen LogP contribution in [0.1, 0.15) is 61.1 Å². The van der Waals surface area contributed by atoms with E-state index in [-0.39, 0.29) is 23.9 Å². The van der Waals surface area contributed by atoms with Gasteiger partial charge in [0, 0.05) is 60.0 Å². The first-order chi connectivity index (χ1) is 21.4. The number of non-ortho nitro benzene ring substituents is 1. The summed E-state index contributed by atoms with van der Waals surface area (Å²) in [6, 6.07) is 20.5. The van der Waals surface area contributed by atoms with E-state index in [4.69, 9.17) is 9.47 Å². The Hall–Kier alpha value is -3.99.